The number of carbonyl (C=O) groups is 1. The van der Waals surface area contributed by atoms with Gasteiger partial charge in [0, 0.05) is 44.7 Å². The quantitative estimate of drug-likeness (QED) is 0.285. The van der Waals surface area contributed by atoms with E-state index in [1.54, 1.807) is 0 Å². The molecule has 5 heteroatoms. The van der Waals surface area contributed by atoms with Gasteiger partial charge in [-0.3, -0.25) is 4.79 Å². The van der Waals surface area contributed by atoms with Crippen LogP contribution in [0.2, 0.25) is 0 Å². The SMILES string of the molecule is CC(C)C/C=C\C(C)(C)CC(C)(C)C(=O)NCCNCCNCCN. The highest BCUT2D eigenvalue weighted by atomic mass is 16.2. The summed E-state index contributed by atoms with van der Waals surface area (Å²) in [6.45, 7) is 17.6. The van der Waals surface area contributed by atoms with Crippen LogP contribution < -0.4 is 21.7 Å². The highest BCUT2D eigenvalue weighted by Crippen LogP contribution is 2.35. The highest BCUT2D eigenvalue weighted by molar-refractivity contribution is 5.81. The molecule has 1 amide bonds. The van der Waals surface area contributed by atoms with Crippen molar-refractivity contribution < 1.29 is 4.79 Å². The van der Waals surface area contributed by atoms with E-state index < -0.39 is 0 Å². The molecule has 0 aliphatic carbocycles. The lowest BCUT2D eigenvalue weighted by Crippen LogP contribution is -2.42. The summed E-state index contributed by atoms with van der Waals surface area (Å²) in [5, 5.41) is 9.59. The Morgan fingerprint density at radius 3 is 2.12 bits per heavy atom. The number of nitrogens with two attached hydrogens (primary N) is 1. The predicted octanol–water partition coefficient (Wildman–Crippen LogP) is 2.29. The van der Waals surface area contributed by atoms with Gasteiger partial charge in [-0.25, -0.2) is 0 Å². The van der Waals surface area contributed by atoms with E-state index in [9.17, 15) is 4.79 Å². The Morgan fingerprint density at radius 2 is 1.56 bits per heavy atom. The Morgan fingerprint density at radius 1 is 1.00 bits per heavy atom. The summed E-state index contributed by atoms with van der Waals surface area (Å²) in [7, 11) is 0. The summed E-state index contributed by atoms with van der Waals surface area (Å²) < 4.78 is 0. The molecule has 0 saturated carbocycles. The molecule has 5 nitrogen and oxygen atoms in total. The van der Waals surface area contributed by atoms with Crippen molar-refractivity contribution in [3.05, 3.63) is 12.2 Å². The second-order valence-electron chi connectivity index (χ2n) is 8.63. The maximum atomic E-state index is 12.5. The normalized spacial score (nSPS) is 13.0. The maximum Gasteiger partial charge on any atom is 0.225 e. The van der Waals surface area contributed by atoms with E-state index >= 15 is 0 Å². The van der Waals surface area contributed by atoms with Gasteiger partial charge in [0.1, 0.15) is 0 Å². The van der Waals surface area contributed by atoms with Crippen molar-refractivity contribution in [2.75, 3.05) is 39.3 Å². The molecule has 0 aromatic rings. The predicted molar refractivity (Wildman–Crippen MR) is 109 cm³/mol. The van der Waals surface area contributed by atoms with Gasteiger partial charge < -0.3 is 21.7 Å². The molecule has 5 N–H and O–H groups in total. The number of hydrogen-bond donors (Lipinski definition) is 4. The van der Waals surface area contributed by atoms with Crippen LogP contribution >= 0.6 is 0 Å². The minimum atomic E-state index is -0.381. The lowest BCUT2D eigenvalue weighted by molar-refractivity contribution is -0.130. The molecule has 25 heavy (non-hydrogen) atoms. The zero-order chi connectivity index (χ0) is 19.3. The lowest BCUT2D eigenvalue weighted by Gasteiger charge is -2.32. The second kappa shape index (κ2) is 12.4. The zero-order valence-corrected chi connectivity index (χ0v) is 17.4. The first-order chi connectivity index (χ1) is 11.6. The smallest absolute Gasteiger partial charge is 0.225 e. The third-order valence-electron chi connectivity index (χ3n) is 4.08. The van der Waals surface area contributed by atoms with Gasteiger partial charge in [-0.1, -0.05) is 53.7 Å². The van der Waals surface area contributed by atoms with Gasteiger partial charge >= 0.3 is 0 Å². The molecule has 0 aliphatic rings. The number of hydrogen-bond acceptors (Lipinski definition) is 4. The topological polar surface area (TPSA) is 79.2 Å². The third-order valence-corrected chi connectivity index (χ3v) is 4.08. The Hall–Kier alpha value is -0.910. The van der Waals surface area contributed by atoms with Gasteiger partial charge in [-0.2, -0.15) is 0 Å². The molecule has 148 valence electrons. The van der Waals surface area contributed by atoms with Crippen LogP contribution in [0.25, 0.3) is 0 Å². The molecule has 0 aromatic heterocycles. The van der Waals surface area contributed by atoms with Crippen molar-refractivity contribution >= 4 is 5.91 Å². The van der Waals surface area contributed by atoms with Crippen molar-refractivity contribution in [1.82, 2.24) is 16.0 Å². The van der Waals surface area contributed by atoms with Gasteiger partial charge in [0.15, 0.2) is 0 Å². The van der Waals surface area contributed by atoms with E-state index in [4.69, 9.17) is 5.73 Å². The Bertz CT molecular complexity index is 389. The van der Waals surface area contributed by atoms with Crippen molar-refractivity contribution in [1.29, 1.82) is 0 Å². The first-order valence-corrected chi connectivity index (χ1v) is 9.68. The van der Waals surface area contributed by atoms with Gasteiger partial charge in [0.2, 0.25) is 5.91 Å². The van der Waals surface area contributed by atoms with Crippen molar-refractivity contribution in [3.8, 4) is 0 Å². The fourth-order valence-electron chi connectivity index (χ4n) is 2.97. The molecule has 0 heterocycles. The number of nitrogens with one attached hydrogen (secondary N) is 3. The second-order valence-corrected chi connectivity index (χ2v) is 8.63. The van der Waals surface area contributed by atoms with Crippen LogP contribution in [0.1, 0.15) is 54.4 Å². The fourth-order valence-corrected chi connectivity index (χ4v) is 2.97. The average molecular weight is 355 g/mol. The Kier molecular flexibility index (Phi) is 12.0. The van der Waals surface area contributed by atoms with Crippen LogP contribution in [0.3, 0.4) is 0 Å². The summed E-state index contributed by atoms with van der Waals surface area (Å²) in [4.78, 5) is 12.5. The minimum absolute atomic E-state index is 0.0165. The molecule has 0 fully saturated rings. The molecule has 0 rings (SSSR count). The van der Waals surface area contributed by atoms with Crippen LogP contribution in [0.5, 0.6) is 0 Å². The van der Waals surface area contributed by atoms with Crippen molar-refractivity contribution in [2.24, 2.45) is 22.5 Å². The Balaban J connectivity index is 4.12. The summed E-state index contributed by atoms with van der Waals surface area (Å²) >= 11 is 0. The molecule has 0 radical (unpaired) electrons. The van der Waals surface area contributed by atoms with Gasteiger partial charge in [0.05, 0.1) is 0 Å². The van der Waals surface area contributed by atoms with Gasteiger partial charge in [0.25, 0.3) is 0 Å². The molecule has 0 spiro atoms. The van der Waals surface area contributed by atoms with Crippen LogP contribution in [0.15, 0.2) is 12.2 Å². The average Bonchev–Trinajstić information content (AvgIpc) is 2.47. The van der Waals surface area contributed by atoms with E-state index in [-0.39, 0.29) is 16.7 Å². The maximum absolute atomic E-state index is 12.5. The summed E-state index contributed by atoms with van der Waals surface area (Å²) in [5.74, 6) is 0.794. The molecular weight excluding hydrogens is 312 g/mol. The molecular formula is C20H42N4O. The fraction of sp³-hybridized carbons (Fsp3) is 0.850. The molecule has 0 bridgehead atoms. The first kappa shape index (κ1) is 24.1. The lowest BCUT2D eigenvalue weighted by atomic mass is 9.74. The number of allylic oxidation sites excluding steroid dienone is 2. The summed E-state index contributed by atoms with van der Waals surface area (Å²) in [6, 6.07) is 0. The van der Waals surface area contributed by atoms with E-state index in [2.05, 4.69) is 55.8 Å². The first-order valence-electron chi connectivity index (χ1n) is 9.68. The van der Waals surface area contributed by atoms with Crippen LogP contribution in [0.4, 0.5) is 0 Å². The standard InChI is InChI=1S/C20H42N4O/c1-17(2)8-7-9-19(3,4)16-20(5,6)18(25)24-15-14-23-13-12-22-11-10-21/h7,9,17,22-23H,8,10-16,21H2,1-6H3,(H,24,25)/b9-7-. The molecule has 0 saturated heterocycles. The monoisotopic (exact) mass is 354 g/mol. The molecule has 0 aliphatic heterocycles. The third kappa shape index (κ3) is 13.0. The van der Waals surface area contributed by atoms with E-state index in [1.165, 1.54) is 0 Å². The number of rotatable bonds is 14. The van der Waals surface area contributed by atoms with Crippen LogP contribution in [-0.4, -0.2) is 45.2 Å². The largest absolute Gasteiger partial charge is 0.354 e. The molecule has 0 unspecified atom stereocenters. The van der Waals surface area contributed by atoms with Crippen molar-refractivity contribution in [3.63, 3.8) is 0 Å². The number of carbonyl (C=O) groups excluding carboxylic acids is 1. The van der Waals surface area contributed by atoms with E-state index in [1.807, 2.05) is 13.8 Å². The van der Waals surface area contributed by atoms with Crippen LogP contribution in [-0.2, 0) is 4.79 Å². The molecule has 0 aromatic carbocycles. The van der Waals surface area contributed by atoms with E-state index in [0.717, 1.165) is 39.0 Å². The molecule has 0 atom stereocenters. The van der Waals surface area contributed by atoms with Crippen LogP contribution in [0, 0.1) is 16.7 Å². The highest BCUT2D eigenvalue weighted by Gasteiger charge is 2.33. The Labute approximate surface area is 155 Å². The zero-order valence-electron chi connectivity index (χ0n) is 17.4. The van der Waals surface area contributed by atoms with Gasteiger partial charge in [-0.05, 0) is 24.2 Å². The minimum Gasteiger partial charge on any atom is -0.354 e. The summed E-state index contributed by atoms with van der Waals surface area (Å²) in [6.07, 6.45) is 6.43. The van der Waals surface area contributed by atoms with E-state index in [0.29, 0.717) is 19.0 Å². The van der Waals surface area contributed by atoms with Crippen molar-refractivity contribution in [2.45, 2.75) is 54.4 Å². The number of amides is 1. The summed E-state index contributed by atoms with van der Waals surface area (Å²) in [5.41, 5.74) is 5.05. The van der Waals surface area contributed by atoms with Gasteiger partial charge in [-0.15, -0.1) is 0 Å².